The Morgan fingerprint density at radius 1 is 1.23 bits per heavy atom. The molecule has 2 heterocycles. The van der Waals surface area contributed by atoms with E-state index >= 15 is 0 Å². The molecule has 7 rings (SSSR count). The zero-order valence-corrected chi connectivity index (χ0v) is 21.2. The summed E-state index contributed by atoms with van der Waals surface area (Å²) in [6, 6.07) is 1.82. The molecule has 0 aromatic heterocycles. The maximum atomic E-state index is 13.7. The molecule has 2 bridgehead atoms. The molecule has 1 saturated heterocycles. The minimum Gasteiger partial charge on any atom is -0.504 e. The lowest BCUT2D eigenvalue weighted by Gasteiger charge is -2.62. The molecule has 0 radical (unpaired) electrons. The van der Waals surface area contributed by atoms with E-state index in [0.29, 0.717) is 24.0 Å². The highest BCUT2D eigenvalue weighted by molar-refractivity contribution is 5.79. The van der Waals surface area contributed by atoms with Crippen molar-refractivity contribution >= 4 is 5.91 Å². The van der Waals surface area contributed by atoms with Crippen LogP contribution in [-0.2, 0) is 23.1 Å². The summed E-state index contributed by atoms with van der Waals surface area (Å²) in [5.41, 5.74) is 2.12. The molecule has 2 aliphatic heterocycles. The number of piperidine rings is 1. The van der Waals surface area contributed by atoms with Gasteiger partial charge in [-0.1, -0.05) is 19.8 Å². The molecule has 1 aromatic rings. The normalized spacial score (nSPS) is 38.1. The zero-order valence-electron chi connectivity index (χ0n) is 21.2. The van der Waals surface area contributed by atoms with Crippen molar-refractivity contribution in [2.75, 3.05) is 13.6 Å². The average Bonchev–Trinajstić information content (AvgIpc) is 3.34. The largest absolute Gasteiger partial charge is 0.504 e. The molecule has 6 atom stereocenters. The monoisotopic (exact) mass is 480 g/mol. The van der Waals surface area contributed by atoms with Crippen molar-refractivity contribution in [3.8, 4) is 11.5 Å². The molecular weight excluding hydrogens is 440 g/mol. The molecule has 3 saturated carbocycles. The third-order valence-corrected chi connectivity index (χ3v) is 11.0. The molecule has 6 aliphatic rings. The Bertz CT molecular complexity index is 1060. The molecular formula is C29H40N2O4. The van der Waals surface area contributed by atoms with E-state index in [9.17, 15) is 15.0 Å². The van der Waals surface area contributed by atoms with E-state index in [-0.39, 0.29) is 35.8 Å². The van der Waals surface area contributed by atoms with Gasteiger partial charge in [0.25, 0.3) is 0 Å². The van der Waals surface area contributed by atoms with Gasteiger partial charge < -0.3 is 25.2 Å². The zero-order chi connectivity index (χ0) is 24.1. The second-order valence-corrected chi connectivity index (χ2v) is 12.7. The first-order valence-corrected chi connectivity index (χ1v) is 14.1. The van der Waals surface area contributed by atoms with Gasteiger partial charge in [-0.3, -0.25) is 4.79 Å². The van der Waals surface area contributed by atoms with E-state index < -0.39 is 11.0 Å². The molecule has 1 aromatic carbocycles. The number of benzene rings is 1. The van der Waals surface area contributed by atoms with Gasteiger partial charge in [0.15, 0.2) is 11.5 Å². The van der Waals surface area contributed by atoms with Crippen LogP contribution in [-0.4, -0.2) is 58.4 Å². The van der Waals surface area contributed by atoms with E-state index in [0.717, 1.165) is 50.6 Å². The number of nitrogens with one attached hydrogen (secondary N) is 1. The smallest absolute Gasteiger partial charge is 0.225 e. The number of carbonyl (C=O) groups is 1. The Morgan fingerprint density at radius 2 is 2.00 bits per heavy atom. The number of nitrogens with zero attached hydrogens (tertiary/aromatic N) is 1. The summed E-state index contributed by atoms with van der Waals surface area (Å²) in [7, 11) is 1.95. The van der Waals surface area contributed by atoms with Gasteiger partial charge in [0.2, 0.25) is 5.91 Å². The van der Waals surface area contributed by atoms with Crippen LogP contribution in [0.4, 0.5) is 0 Å². The minimum atomic E-state index is -0.920. The predicted molar refractivity (Wildman–Crippen MR) is 133 cm³/mol. The number of phenols is 1. The fraction of sp³-hybridized carbons (Fsp3) is 0.759. The Labute approximate surface area is 208 Å². The van der Waals surface area contributed by atoms with Gasteiger partial charge in [-0.25, -0.2) is 0 Å². The Kier molecular flexibility index (Phi) is 4.87. The first-order chi connectivity index (χ1) is 16.8. The third-order valence-electron chi connectivity index (χ3n) is 11.0. The summed E-state index contributed by atoms with van der Waals surface area (Å²) in [5, 5.41) is 27.2. The summed E-state index contributed by atoms with van der Waals surface area (Å²) < 4.78 is 6.71. The standard InChI is InChI=1S/C29H40N2O4/c1-16(18-5-3-4-6-18)27(33)31(2)21-9-10-29(34)23-15-20-19(13-17-7-8-17)14-22(32)25-24(20)28(29,11-12-30-23)26(21)35-25/h14,16-18,21,23,26,30,32,34H,3-13,15H2,1-2H3/t16?,21-,23-,26+,28+,29-/m1/s1. The van der Waals surface area contributed by atoms with Crippen LogP contribution in [0.3, 0.4) is 0 Å². The van der Waals surface area contributed by atoms with Crippen molar-refractivity contribution < 1.29 is 19.7 Å². The number of aromatic hydroxyl groups is 1. The lowest BCUT2D eigenvalue weighted by Crippen LogP contribution is -2.78. The molecule has 1 amide bonds. The van der Waals surface area contributed by atoms with E-state index in [2.05, 4.69) is 12.2 Å². The summed E-state index contributed by atoms with van der Waals surface area (Å²) in [4.78, 5) is 15.7. The number of hydrogen-bond donors (Lipinski definition) is 3. The highest BCUT2D eigenvalue weighted by Gasteiger charge is 2.72. The van der Waals surface area contributed by atoms with E-state index in [1.807, 2.05) is 18.0 Å². The number of rotatable bonds is 5. The number of phenolic OH excluding ortho intramolecular Hbond substituents is 1. The summed E-state index contributed by atoms with van der Waals surface area (Å²) in [6.07, 6.45) is 10.9. The van der Waals surface area contributed by atoms with Crippen LogP contribution < -0.4 is 10.1 Å². The third kappa shape index (κ3) is 2.93. The number of hydrogen-bond acceptors (Lipinski definition) is 5. The van der Waals surface area contributed by atoms with Crippen LogP contribution in [0, 0.1) is 17.8 Å². The molecule has 6 nitrogen and oxygen atoms in total. The van der Waals surface area contributed by atoms with Crippen LogP contribution in [0.15, 0.2) is 6.07 Å². The highest BCUT2D eigenvalue weighted by atomic mass is 16.5. The van der Waals surface area contributed by atoms with Crippen LogP contribution >= 0.6 is 0 Å². The first kappa shape index (κ1) is 22.4. The molecule has 1 spiro atoms. The van der Waals surface area contributed by atoms with Gasteiger partial charge in [-0.2, -0.15) is 0 Å². The number of amides is 1. The van der Waals surface area contributed by atoms with Gasteiger partial charge in [0.05, 0.1) is 17.1 Å². The topological polar surface area (TPSA) is 82.0 Å². The number of aliphatic hydroxyl groups is 1. The number of carbonyl (C=O) groups excluding carboxylic acids is 1. The number of likely N-dealkylation sites (N-methyl/N-ethyl adjacent to an activating group) is 1. The summed E-state index contributed by atoms with van der Waals surface area (Å²) in [6.45, 7) is 2.92. The molecule has 1 unspecified atom stereocenters. The SMILES string of the molecule is CC(C(=O)N(C)[C@@H]1CC[C@@]2(O)[C@H]3Cc4c(CC5CC5)cc(O)c5c4[C@@]2(CCN3)[C@H]1O5)C1CCCC1. The van der Waals surface area contributed by atoms with Crippen molar-refractivity contribution in [3.05, 3.63) is 22.8 Å². The van der Waals surface area contributed by atoms with Gasteiger partial charge >= 0.3 is 0 Å². The molecule has 4 aliphatic carbocycles. The van der Waals surface area contributed by atoms with Gasteiger partial charge in [0.1, 0.15) is 6.10 Å². The second kappa shape index (κ2) is 7.61. The fourth-order valence-electron chi connectivity index (χ4n) is 8.93. The molecule has 3 N–H and O–H groups in total. The van der Waals surface area contributed by atoms with E-state index in [1.54, 1.807) is 0 Å². The van der Waals surface area contributed by atoms with Crippen molar-refractivity contribution in [1.29, 1.82) is 0 Å². The van der Waals surface area contributed by atoms with Crippen molar-refractivity contribution in [2.45, 2.75) is 107 Å². The summed E-state index contributed by atoms with van der Waals surface area (Å²) in [5.74, 6) is 2.22. The summed E-state index contributed by atoms with van der Waals surface area (Å²) >= 11 is 0. The van der Waals surface area contributed by atoms with Gasteiger partial charge in [-0.15, -0.1) is 0 Å². The lowest BCUT2D eigenvalue weighted by molar-refractivity contribution is -0.175. The van der Waals surface area contributed by atoms with Gasteiger partial charge in [-0.05, 0) is 93.4 Å². The van der Waals surface area contributed by atoms with Crippen molar-refractivity contribution in [1.82, 2.24) is 10.2 Å². The number of ether oxygens (including phenoxy) is 1. The Morgan fingerprint density at radius 3 is 2.74 bits per heavy atom. The maximum Gasteiger partial charge on any atom is 0.225 e. The van der Waals surface area contributed by atoms with Crippen molar-refractivity contribution in [3.63, 3.8) is 0 Å². The minimum absolute atomic E-state index is 0.0114. The average molecular weight is 481 g/mol. The van der Waals surface area contributed by atoms with Crippen LogP contribution in [0.2, 0.25) is 0 Å². The maximum absolute atomic E-state index is 13.7. The lowest BCUT2D eigenvalue weighted by atomic mass is 9.48. The first-order valence-electron chi connectivity index (χ1n) is 14.1. The molecule has 6 heteroatoms. The molecule has 35 heavy (non-hydrogen) atoms. The van der Waals surface area contributed by atoms with E-state index in [4.69, 9.17) is 4.74 Å². The van der Waals surface area contributed by atoms with Crippen LogP contribution in [0.25, 0.3) is 0 Å². The van der Waals surface area contributed by atoms with Gasteiger partial charge in [0, 0.05) is 24.6 Å². The van der Waals surface area contributed by atoms with Crippen molar-refractivity contribution in [2.24, 2.45) is 17.8 Å². The Hall–Kier alpha value is -1.79. The molecule has 4 fully saturated rings. The van der Waals surface area contributed by atoms with Crippen LogP contribution in [0.5, 0.6) is 11.5 Å². The Balaban J connectivity index is 1.31. The fourth-order valence-corrected chi connectivity index (χ4v) is 8.93. The van der Waals surface area contributed by atoms with E-state index in [1.165, 1.54) is 36.8 Å². The highest BCUT2D eigenvalue weighted by Crippen LogP contribution is 2.65. The van der Waals surface area contributed by atoms with Crippen LogP contribution in [0.1, 0.15) is 81.4 Å². The molecule has 190 valence electrons. The quantitative estimate of drug-likeness (QED) is 0.602. The predicted octanol–water partition coefficient (Wildman–Crippen LogP) is 3.44. The second-order valence-electron chi connectivity index (χ2n) is 12.7.